The van der Waals surface area contributed by atoms with Gasteiger partial charge in [-0.1, -0.05) is 184 Å². The predicted molar refractivity (Wildman–Crippen MR) is 455 cm³/mol. The summed E-state index contributed by atoms with van der Waals surface area (Å²) in [6.07, 6.45) is 18.2. The number of carbonyl (C=O) groups excluding carboxylic acids is 3. The van der Waals surface area contributed by atoms with E-state index >= 15 is 0 Å². The summed E-state index contributed by atoms with van der Waals surface area (Å²) in [6.45, 7) is 31.8. The molecule has 113 heavy (non-hydrogen) atoms. The van der Waals surface area contributed by atoms with Gasteiger partial charge < -0.3 is 29.5 Å². The van der Waals surface area contributed by atoms with Crippen molar-refractivity contribution in [3.63, 3.8) is 0 Å². The van der Waals surface area contributed by atoms with Crippen LogP contribution in [0.25, 0.3) is 64.6 Å². The third-order valence-electron chi connectivity index (χ3n) is 21.4. The van der Waals surface area contributed by atoms with Gasteiger partial charge in [0, 0.05) is 182 Å². The molecule has 3 aromatic heterocycles. The summed E-state index contributed by atoms with van der Waals surface area (Å²) >= 11 is 0. The van der Waals surface area contributed by atoms with Crippen LogP contribution in [0.2, 0.25) is 0 Å². The van der Waals surface area contributed by atoms with Gasteiger partial charge in [-0.25, -0.2) is 15.0 Å². The number of aliphatic hydroxyl groups is 3. The normalized spacial score (nSPS) is 11.7. The Balaban J connectivity index is 0.000000287. The monoisotopic (exact) mass is 2050 g/mol. The van der Waals surface area contributed by atoms with Gasteiger partial charge in [0.2, 0.25) is 17.6 Å². The van der Waals surface area contributed by atoms with Crippen molar-refractivity contribution in [2.45, 2.75) is 175 Å². The summed E-state index contributed by atoms with van der Waals surface area (Å²) in [5.74, 6) is 4.79. The molecule has 0 saturated carbocycles. The van der Waals surface area contributed by atoms with Crippen molar-refractivity contribution in [1.29, 1.82) is 0 Å². The maximum atomic E-state index is 12.2. The predicted octanol–water partition coefficient (Wildman–Crippen LogP) is 27.3. The molecule has 0 amide bonds. The third kappa shape index (κ3) is 28.2. The fraction of sp³-hybridized carbons (Fsp3) is 0.327. The molecule has 12 rings (SSSR count). The Labute approximate surface area is 711 Å². The zero-order valence-electron chi connectivity index (χ0n) is 68.4. The van der Waals surface area contributed by atoms with Crippen LogP contribution in [-0.2, 0) is 74.7 Å². The van der Waals surface area contributed by atoms with Crippen LogP contribution >= 0.6 is 0 Å². The van der Waals surface area contributed by atoms with E-state index < -0.39 is 0 Å². The van der Waals surface area contributed by atoms with Gasteiger partial charge in [0.15, 0.2) is 17.3 Å². The van der Waals surface area contributed by atoms with Gasteiger partial charge in [-0.2, -0.15) is 54.6 Å². The van der Waals surface area contributed by atoms with E-state index in [2.05, 4.69) is 106 Å². The molecule has 3 N–H and O–H groups in total. The number of ether oxygens (including phenoxy) is 3. The van der Waals surface area contributed by atoms with Gasteiger partial charge in [-0.3, -0.25) is 14.4 Å². The maximum Gasteiger partial charge on any atom is 0.217 e. The zero-order valence-corrected chi connectivity index (χ0v) is 75.6. The summed E-state index contributed by atoms with van der Waals surface area (Å²) in [6, 6.07) is 75.4. The SMILES string of the molecule is CCC(C)(C)C(=O)C=C(O)C(C)(C)CC.CCC(C)(CC)C(=O)C=C(O)C(C)(CC)CC.CCC(CC)C(=O)C=C(O)C(CC)CC.[Ir].[Ir].[Ir].[c-]1ccccc1Oc1cc2cc3ccccc3cc2cn1.[c-]1ccccc1Oc1cc2cc3ccccc3cc2cn1.[c-]1ccccc1Oc1cc2cc3ccccc3cc2cn1. The molecule has 12 nitrogen and oxygen atoms in total. The molecule has 0 atom stereocenters. The number of rotatable bonds is 25. The molecule has 3 radical (unpaired) electrons. The summed E-state index contributed by atoms with van der Waals surface area (Å²) in [4.78, 5) is 48.8. The Hall–Kier alpha value is -9.03. The maximum absolute atomic E-state index is 12.2. The molecule has 0 aliphatic carbocycles. The number of carbonyl (C=O) groups is 3. The molecule has 0 aliphatic heterocycles. The molecule has 0 bridgehead atoms. The van der Waals surface area contributed by atoms with E-state index in [0.29, 0.717) is 34.9 Å². The van der Waals surface area contributed by atoms with Crippen LogP contribution < -0.4 is 14.2 Å². The van der Waals surface area contributed by atoms with E-state index in [1.165, 1.54) is 50.5 Å². The largest absolute Gasteiger partial charge is 0.512 e. The number of para-hydroxylation sites is 3. The Morgan fingerprint density at radius 1 is 0.345 bits per heavy atom. The number of nitrogens with zero attached hydrogens (tertiary/aromatic N) is 3. The molecule has 9 aromatic carbocycles. The average molecular weight is 2050 g/mol. The van der Waals surface area contributed by atoms with Crippen molar-refractivity contribution in [2.75, 3.05) is 0 Å². The van der Waals surface area contributed by atoms with E-state index in [4.69, 9.17) is 14.2 Å². The molecule has 12 aromatic rings. The summed E-state index contributed by atoms with van der Waals surface area (Å²) in [5.41, 5.74) is -1.29. The number of ketones is 3. The molecule has 15 heteroatoms. The van der Waals surface area contributed by atoms with Crippen LogP contribution in [0.4, 0.5) is 0 Å². The molecular weight excluding hydrogens is 1940 g/mol. The number of benzene rings is 9. The van der Waals surface area contributed by atoms with E-state index in [9.17, 15) is 29.7 Å². The first-order chi connectivity index (χ1) is 52.7. The molecule has 0 spiro atoms. The first kappa shape index (κ1) is 96.3. The number of hydrogen-bond donors (Lipinski definition) is 3. The minimum absolute atomic E-state index is 0. The van der Waals surface area contributed by atoms with Crippen molar-refractivity contribution in [3.8, 4) is 34.9 Å². The molecule has 0 aliphatic rings. The molecular formula is C98H112Ir3N3O9-3. The quantitative estimate of drug-likeness (QED) is 0.0214. The number of allylic oxidation sites excluding steroid dienone is 6. The Kier molecular flexibility index (Phi) is 40.0. The molecule has 0 saturated heterocycles. The van der Waals surface area contributed by atoms with Gasteiger partial charge >= 0.3 is 0 Å². The topological polar surface area (TPSA) is 178 Å². The zero-order chi connectivity index (χ0) is 80.0. The number of hydrogen-bond acceptors (Lipinski definition) is 12. The minimum Gasteiger partial charge on any atom is -0.512 e. The van der Waals surface area contributed by atoms with Crippen molar-refractivity contribution < 1.29 is 104 Å². The molecule has 3 heterocycles. The molecule has 603 valence electrons. The van der Waals surface area contributed by atoms with Crippen LogP contribution in [0, 0.1) is 51.7 Å². The second-order valence-corrected chi connectivity index (χ2v) is 29.5. The van der Waals surface area contributed by atoms with Crippen molar-refractivity contribution >= 4 is 82.0 Å². The number of aromatic nitrogens is 3. The minimum atomic E-state index is -0.377. The van der Waals surface area contributed by atoms with Crippen molar-refractivity contribution in [2.24, 2.45) is 33.5 Å². The van der Waals surface area contributed by atoms with E-state index in [-0.39, 0.29) is 128 Å². The molecule has 0 unspecified atom stereocenters. The summed E-state index contributed by atoms with van der Waals surface area (Å²) < 4.78 is 17.2. The number of fused-ring (bicyclic) bond motifs is 6. The first-order valence-electron chi connectivity index (χ1n) is 38.9. The van der Waals surface area contributed by atoms with Gasteiger partial charge in [0.1, 0.15) is 11.5 Å². The van der Waals surface area contributed by atoms with Crippen molar-refractivity contribution in [3.05, 3.63) is 272 Å². The van der Waals surface area contributed by atoms with Crippen molar-refractivity contribution in [1.82, 2.24) is 15.0 Å². The fourth-order valence-corrected chi connectivity index (χ4v) is 11.6. The molecule has 0 fully saturated rings. The Morgan fingerprint density at radius 3 is 0.912 bits per heavy atom. The fourth-order valence-electron chi connectivity index (χ4n) is 11.6. The standard InChI is InChI=1S/3C19H12NO.C15H28O2.2C13H24O2.3Ir/c3*1-2-8-18(9-3-1)21-19-12-16-10-14-6-4-5-7-15(14)11-17(16)13-20-19;1-7-14(5,8-2)12(16)11-13(17)15(6,9-3)10-4;1-7-12(3,4)10(14)9-11(15)13(5,6)8-2;1-5-10(6-2)12(14)9-13(15)11(7-3)8-4;;;/h3*1-8,10-13H;11,16H,7-10H2,1-6H3;9,14H,7-8H2,1-6H3;9-11,14H,5-8H2,1-4H3;;;/q3*-1;;;;;;. The Bertz CT molecular complexity index is 4680. The van der Waals surface area contributed by atoms with Gasteiger partial charge in [-0.05, 0) is 149 Å². The van der Waals surface area contributed by atoms with Crippen LogP contribution in [0.3, 0.4) is 0 Å². The van der Waals surface area contributed by atoms with Gasteiger partial charge in [0.25, 0.3) is 0 Å². The van der Waals surface area contributed by atoms with E-state index in [1.54, 1.807) is 0 Å². The second kappa shape index (κ2) is 47.0. The van der Waals surface area contributed by atoms with E-state index in [0.717, 1.165) is 96.5 Å². The van der Waals surface area contributed by atoms with Gasteiger partial charge in [-0.15, -0.1) is 36.4 Å². The summed E-state index contributed by atoms with van der Waals surface area (Å²) in [5, 5.41) is 43.7. The average Bonchev–Trinajstić information content (AvgIpc) is 0.815. The smallest absolute Gasteiger partial charge is 0.217 e. The third-order valence-corrected chi connectivity index (χ3v) is 21.4. The first-order valence-corrected chi connectivity index (χ1v) is 38.9. The van der Waals surface area contributed by atoms with Crippen LogP contribution in [0.15, 0.2) is 254 Å². The summed E-state index contributed by atoms with van der Waals surface area (Å²) in [7, 11) is 0. The Morgan fingerprint density at radius 2 is 0.637 bits per heavy atom. The number of pyridine rings is 3. The van der Waals surface area contributed by atoms with Crippen LogP contribution in [-0.4, -0.2) is 47.6 Å². The van der Waals surface area contributed by atoms with Crippen LogP contribution in [0.5, 0.6) is 34.9 Å². The number of aliphatic hydroxyl groups excluding tert-OH is 3. The van der Waals surface area contributed by atoms with Crippen LogP contribution in [0.1, 0.15) is 175 Å². The second-order valence-electron chi connectivity index (χ2n) is 29.5. The van der Waals surface area contributed by atoms with Gasteiger partial charge in [0.05, 0.1) is 5.76 Å². The van der Waals surface area contributed by atoms with E-state index in [1.807, 2.05) is 257 Å².